The predicted octanol–water partition coefficient (Wildman–Crippen LogP) is 1.07. The average molecular weight is 254 g/mol. The van der Waals surface area contributed by atoms with Gasteiger partial charge in [-0.25, -0.2) is 0 Å². The second kappa shape index (κ2) is 6.95. The minimum absolute atomic E-state index is 0.349. The smallest absolute Gasteiger partial charge is 0.139 e. The van der Waals surface area contributed by atoms with E-state index in [2.05, 4.69) is 15.0 Å². The summed E-state index contributed by atoms with van der Waals surface area (Å²) in [6, 6.07) is 0.772. The highest BCUT2D eigenvalue weighted by molar-refractivity contribution is 5.79. The lowest BCUT2D eigenvalue weighted by molar-refractivity contribution is 0.162. The molecule has 0 aromatic carbocycles. The third-order valence-electron chi connectivity index (χ3n) is 4.19. The van der Waals surface area contributed by atoms with Crippen LogP contribution in [0, 0.1) is 0 Å². The molecule has 0 aromatic heterocycles. The van der Waals surface area contributed by atoms with Crippen LogP contribution in [0.4, 0.5) is 0 Å². The molecule has 5 nitrogen and oxygen atoms in total. The number of amidine groups is 1. The third-order valence-corrected chi connectivity index (χ3v) is 4.19. The van der Waals surface area contributed by atoms with E-state index in [1.807, 2.05) is 0 Å². The van der Waals surface area contributed by atoms with Gasteiger partial charge < -0.3 is 15.8 Å². The van der Waals surface area contributed by atoms with Crippen LogP contribution in [0.1, 0.15) is 38.5 Å². The van der Waals surface area contributed by atoms with Crippen molar-refractivity contribution in [3.8, 4) is 0 Å². The maximum absolute atomic E-state index is 8.48. The van der Waals surface area contributed by atoms with Gasteiger partial charge in [0, 0.05) is 19.0 Å². The van der Waals surface area contributed by atoms with Gasteiger partial charge >= 0.3 is 0 Å². The Labute approximate surface area is 110 Å². The van der Waals surface area contributed by atoms with E-state index >= 15 is 0 Å². The number of likely N-dealkylation sites (tertiary alicyclic amines) is 2. The molecule has 104 valence electrons. The molecular formula is C13H26N4O. The summed E-state index contributed by atoms with van der Waals surface area (Å²) >= 11 is 0. The highest BCUT2D eigenvalue weighted by atomic mass is 16.4. The lowest BCUT2D eigenvalue weighted by Gasteiger charge is -2.32. The molecule has 2 aliphatic rings. The van der Waals surface area contributed by atoms with Crippen molar-refractivity contribution in [1.82, 2.24) is 9.80 Å². The second-order valence-corrected chi connectivity index (χ2v) is 5.53. The fraction of sp³-hybridized carbons (Fsp3) is 0.923. The maximum Gasteiger partial charge on any atom is 0.139 e. The van der Waals surface area contributed by atoms with Gasteiger partial charge in [0.05, 0.1) is 0 Å². The number of rotatable bonds is 5. The fourth-order valence-corrected chi connectivity index (χ4v) is 3.13. The van der Waals surface area contributed by atoms with Crippen LogP contribution in [0.15, 0.2) is 5.16 Å². The summed E-state index contributed by atoms with van der Waals surface area (Å²) in [5.74, 6) is 0.349. The Morgan fingerprint density at radius 1 is 1.22 bits per heavy atom. The van der Waals surface area contributed by atoms with Crippen LogP contribution in [-0.4, -0.2) is 59.6 Å². The molecule has 3 N–H and O–H groups in total. The molecule has 1 unspecified atom stereocenters. The Morgan fingerprint density at radius 3 is 2.72 bits per heavy atom. The van der Waals surface area contributed by atoms with E-state index in [9.17, 15) is 0 Å². The average Bonchev–Trinajstić information content (AvgIpc) is 2.88. The summed E-state index contributed by atoms with van der Waals surface area (Å²) in [5.41, 5.74) is 5.48. The monoisotopic (exact) mass is 254 g/mol. The first-order valence-corrected chi connectivity index (χ1v) is 7.22. The van der Waals surface area contributed by atoms with E-state index in [0.29, 0.717) is 12.3 Å². The molecule has 0 aromatic rings. The van der Waals surface area contributed by atoms with Gasteiger partial charge in [0.15, 0.2) is 0 Å². The van der Waals surface area contributed by atoms with Gasteiger partial charge in [-0.1, -0.05) is 11.6 Å². The lowest BCUT2D eigenvalue weighted by Crippen LogP contribution is -2.41. The largest absolute Gasteiger partial charge is 0.409 e. The van der Waals surface area contributed by atoms with Crippen molar-refractivity contribution in [2.24, 2.45) is 10.9 Å². The Hall–Kier alpha value is -0.810. The van der Waals surface area contributed by atoms with Gasteiger partial charge in [-0.15, -0.1) is 0 Å². The molecule has 0 saturated carbocycles. The van der Waals surface area contributed by atoms with Gasteiger partial charge in [0.2, 0.25) is 0 Å². The molecule has 2 rings (SSSR count). The Morgan fingerprint density at radius 2 is 2.00 bits per heavy atom. The first kappa shape index (κ1) is 13.6. The van der Waals surface area contributed by atoms with Gasteiger partial charge in [-0.05, 0) is 51.9 Å². The zero-order chi connectivity index (χ0) is 12.8. The molecule has 2 saturated heterocycles. The number of oxime groups is 1. The Kier molecular flexibility index (Phi) is 5.26. The third kappa shape index (κ3) is 3.85. The number of piperidine rings is 1. The summed E-state index contributed by atoms with van der Waals surface area (Å²) in [5, 5.41) is 11.5. The quantitative estimate of drug-likeness (QED) is 0.333. The van der Waals surface area contributed by atoms with Crippen LogP contribution in [-0.2, 0) is 0 Å². The van der Waals surface area contributed by atoms with E-state index in [1.54, 1.807) is 0 Å². The van der Waals surface area contributed by atoms with Crippen molar-refractivity contribution in [3.05, 3.63) is 0 Å². The van der Waals surface area contributed by atoms with Gasteiger partial charge in [-0.2, -0.15) is 0 Å². The zero-order valence-corrected chi connectivity index (χ0v) is 11.2. The molecule has 0 aliphatic carbocycles. The predicted molar refractivity (Wildman–Crippen MR) is 72.9 cm³/mol. The van der Waals surface area contributed by atoms with Crippen molar-refractivity contribution in [1.29, 1.82) is 0 Å². The number of nitrogens with two attached hydrogens (primary N) is 1. The Bertz CT molecular complexity index is 276. The van der Waals surface area contributed by atoms with Gasteiger partial charge in [-0.3, -0.25) is 4.90 Å². The van der Waals surface area contributed by atoms with Crippen molar-refractivity contribution in [2.75, 3.05) is 32.7 Å². The summed E-state index contributed by atoms with van der Waals surface area (Å²) in [7, 11) is 0. The SMILES string of the molecule is NC(CCCN1CCC(N2CCCCC2)C1)=NO. The van der Waals surface area contributed by atoms with Gasteiger partial charge in [0.25, 0.3) is 0 Å². The van der Waals surface area contributed by atoms with Crippen LogP contribution in [0.25, 0.3) is 0 Å². The fourth-order valence-electron chi connectivity index (χ4n) is 3.13. The summed E-state index contributed by atoms with van der Waals surface area (Å²) in [6.45, 7) is 6.07. The normalized spacial score (nSPS) is 27.8. The first-order chi connectivity index (χ1) is 8.79. The summed E-state index contributed by atoms with van der Waals surface area (Å²) in [4.78, 5) is 5.19. The zero-order valence-electron chi connectivity index (χ0n) is 11.2. The minimum Gasteiger partial charge on any atom is -0.409 e. The van der Waals surface area contributed by atoms with Crippen molar-refractivity contribution in [2.45, 2.75) is 44.6 Å². The van der Waals surface area contributed by atoms with Crippen LogP contribution in [0.2, 0.25) is 0 Å². The summed E-state index contributed by atoms with van der Waals surface area (Å²) < 4.78 is 0. The van der Waals surface area contributed by atoms with E-state index < -0.39 is 0 Å². The molecule has 2 heterocycles. The van der Waals surface area contributed by atoms with E-state index in [0.717, 1.165) is 19.0 Å². The molecule has 0 spiro atoms. The highest BCUT2D eigenvalue weighted by Gasteiger charge is 2.27. The molecular weight excluding hydrogens is 228 g/mol. The molecule has 2 fully saturated rings. The maximum atomic E-state index is 8.48. The van der Waals surface area contributed by atoms with E-state index in [4.69, 9.17) is 10.9 Å². The molecule has 0 bridgehead atoms. The number of hydrogen-bond donors (Lipinski definition) is 2. The summed E-state index contributed by atoms with van der Waals surface area (Å²) in [6.07, 6.45) is 7.15. The molecule has 0 radical (unpaired) electrons. The van der Waals surface area contributed by atoms with Crippen LogP contribution in [0.3, 0.4) is 0 Å². The second-order valence-electron chi connectivity index (χ2n) is 5.53. The van der Waals surface area contributed by atoms with Crippen molar-refractivity contribution >= 4 is 5.84 Å². The van der Waals surface area contributed by atoms with E-state index in [-0.39, 0.29) is 0 Å². The van der Waals surface area contributed by atoms with E-state index in [1.165, 1.54) is 51.9 Å². The number of nitrogens with zero attached hydrogens (tertiary/aromatic N) is 3. The first-order valence-electron chi connectivity index (χ1n) is 7.22. The highest BCUT2D eigenvalue weighted by Crippen LogP contribution is 2.20. The van der Waals surface area contributed by atoms with Crippen LogP contribution < -0.4 is 5.73 Å². The molecule has 2 aliphatic heterocycles. The molecule has 0 amide bonds. The lowest BCUT2D eigenvalue weighted by atomic mass is 10.1. The Balaban J connectivity index is 1.65. The molecule has 1 atom stereocenters. The minimum atomic E-state index is 0.349. The number of hydrogen-bond acceptors (Lipinski definition) is 4. The van der Waals surface area contributed by atoms with Crippen LogP contribution in [0.5, 0.6) is 0 Å². The van der Waals surface area contributed by atoms with Crippen molar-refractivity contribution in [3.63, 3.8) is 0 Å². The van der Waals surface area contributed by atoms with Crippen molar-refractivity contribution < 1.29 is 5.21 Å². The van der Waals surface area contributed by atoms with Crippen LogP contribution >= 0.6 is 0 Å². The topological polar surface area (TPSA) is 65.1 Å². The molecule has 18 heavy (non-hydrogen) atoms. The standard InChI is InChI=1S/C13H26N4O/c14-13(15-18)5-4-7-16-10-6-12(11-16)17-8-2-1-3-9-17/h12,18H,1-11H2,(H2,14,15). The molecule has 5 heteroatoms. The van der Waals surface area contributed by atoms with Gasteiger partial charge in [0.1, 0.15) is 5.84 Å².